The van der Waals surface area contributed by atoms with Gasteiger partial charge in [0.05, 0.1) is 24.8 Å². The van der Waals surface area contributed by atoms with Gasteiger partial charge >= 0.3 is 6.03 Å². The average Bonchev–Trinajstić information content (AvgIpc) is 2.62. The lowest BCUT2D eigenvalue weighted by Crippen LogP contribution is -2.42. The highest BCUT2D eigenvalue weighted by Crippen LogP contribution is 2.28. The molecule has 2 rings (SSSR count). The summed E-state index contributed by atoms with van der Waals surface area (Å²) in [5, 5.41) is 2.86. The Labute approximate surface area is 147 Å². The third-order valence-electron chi connectivity index (χ3n) is 4.24. The highest BCUT2D eigenvalue weighted by atomic mass is 19.1. The Balaban J connectivity index is 2.17. The Morgan fingerprint density at radius 2 is 2.08 bits per heavy atom. The maximum atomic E-state index is 14.2. The van der Waals surface area contributed by atoms with Crippen LogP contribution < -0.4 is 10.1 Å². The molecule has 0 unspecified atom stereocenters. The van der Waals surface area contributed by atoms with E-state index in [9.17, 15) is 9.18 Å². The zero-order valence-electron chi connectivity index (χ0n) is 15.0. The smallest absolute Gasteiger partial charge is 0.318 e. The summed E-state index contributed by atoms with van der Waals surface area (Å²) in [4.78, 5) is 18.5. The Morgan fingerprint density at radius 3 is 2.68 bits per heavy atom. The van der Waals surface area contributed by atoms with E-state index in [-0.39, 0.29) is 12.1 Å². The van der Waals surface area contributed by atoms with Crippen molar-refractivity contribution in [3.8, 4) is 5.75 Å². The van der Waals surface area contributed by atoms with Crippen molar-refractivity contribution in [2.75, 3.05) is 13.7 Å². The number of carbonyl (C=O) groups is 1. The quantitative estimate of drug-likeness (QED) is 0.858. The molecule has 0 aliphatic carbocycles. The van der Waals surface area contributed by atoms with Gasteiger partial charge in [-0.3, -0.25) is 4.98 Å². The lowest BCUT2D eigenvalue weighted by molar-refractivity contribution is 0.179. The summed E-state index contributed by atoms with van der Waals surface area (Å²) in [6.45, 7) is 6.10. The molecule has 0 fully saturated rings. The van der Waals surface area contributed by atoms with Gasteiger partial charge in [-0.05, 0) is 44.5 Å². The molecule has 2 aromatic rings. The van der Waals surface area contributed by atoms with Gasteiger partial charge in [0.25, 0.3) is 0 Å². The average molecular weight is 345 g/mol. The van der Waals surface area contributed by atoms with Crippen LogP contribution >= 0.6 is 0 Å². The number of urea groups is 1. The molecule has 0 saturated heterocycles. The third-order valence-corrected chi connectivity index (χ3v) is 4.24. The van der Waals surface area contributed by atoms with Crippen LogP contribution in [0.1, 0.15) is 44.0 Å². The highest BCUT2D eigenvalue weighted by molar-refractivity contribution is 5.75. The van der Waals surface area contributed by atoms with Crippen LogP contribution in [-0.2, 0) is 0 Å². The van der Waals surface area contributed by atoms with Crippen molar-refractivity contribution < 1.29 is 13.9 Å². The van der Waals surface area contributed by atoms with Gasteiger partial charge < -0.3 is 15.0 Å². The Morgan fingerprint density at radius 1 is 1.32 bits per heavy atom. The zero-order valence-corrected chi connectivity index (χ0v) is 15.0. The summed E-state index contributed by atoms with van der Waals surface area (Å²) in [6.07, 6.45) is 3.43. The summed E-state index contributed by atoms with van der Waals surface area (Å²) in [5.41, 5.74) is 1.28. The van der Waals surface area contributed by atoms with Crippen LogP contribution in [0.2, 0.25) is 0 Å². The number of hydrogen-bond acceptors (Lipinski definition) is 3. The van der Waals surface area contributed by atoms with E-state index in [1.54, 1.807) is 36.4 Å². The molecule has 1 aromatic heterocycles. The van der Waals surface area contributed by atoms with E-state index < -0.39 is 11.9 Å². The lowest BCUT2D eigenvalue weighted by Gasteiger charge is -2.30. The number of benzene rings is 1. The van der Waals surface area contributed by atoms with Crippen molar-refractivity contribution in [2.45, 2.75) is 32.9 Å². The third kappa shape index (κ3) is 4.26. The van der Waals surface area contributed by atoms with Crippen LogP contribution in [0.5, 0.6) is 5.75 Å². The van der Waals surface area contributed by atoms with Gasteiger partial charge in [0.2, 0.25) is 0 Å². The Kier molecular flexibility index (Phi) is 6.33. The van der Waals surface area contributed by atoms with Gasteiger partial charge in [-0.1, -0.05) is 12.1 Å². The van der Waals surface area contributed by atoms with Gasteiger partial charge in [0.15, 0.2) is 0 Å². The SMILES string of the molecule is CCN(C(=O)N[C@@H](C)c1c(F)cccc1OC)[C@@H](C)c1cccnc1. The predicted molar refractivity (Wildman–Crippen MR) is 94.9 cm³/mol. The van der Waals surface area contributed by atoms with E-state index in [0.29, 0.717) is 17.9 Å². The minimum Gasteiger partial charge on any atom is -0.496 e. The van der Waals surface area contributed by atoms with E-state index in [2.05, 4.69) is 10.3 Å². The van der Waals surface area contributed by atoms with Crippen LogP contribution in [0.4, 0.5) is 9.18 Å². The van der Waals surface area contributed by atoms with E-state index in [1.807, 2.05) is 26.0 Å². The lowest BCUT2D eigenvalue weighted by atomic mass is 10.1. The standard InChI is InChI=1S/C19H24FN3O2/c1-5-23(14(3)15-8-7-11-21-12-15)19(24)22-13(2)18-16(20)9-6-10-17(18)25-4/h6-14H,5H2,1-4H3,(H,22,24)/t13-,14-/m0/s1. The fourth-order valence-electron chi connectivity index (χ4n) is 2.85. The molecule has 1 N–H and O–H groups in total. The fourth-order valence-corrected chi connectivity index (χ4v) is 2.85. The van der Waals surface area contributed by atoms with E-state index in [1.165, 1.54) is 13.2 Å². The summed E-state index contributed by atoms with van der Waals surface area (Å²) >= 11 is 0. The number of methoxy groups -OCH3 is 1. The second-order valence-electron chi connectivity index (χ2n) is 5.78. The number of nitrogens with zero attached hydrogens (tertiary/aromatic N) is 2. The number of nitrogens with one attached hydrogen (secondary N) is 1. The fraction of sp³-hybridized carbons (Fsp3) is 0.368. The molecule has 0 radical (unpaired) electrons. The van der Waals surface area contributed by atoms with E-state index in [0.717, 1.165) is 5.56 Å². The number of halogens is 1. The first-order valence-electron chi connectivity index (χ1n) is 8.29. The van der Waals surface area contributed by atoms with Gasteiger partial charge in [0.1, 0.15) is 11.6 Å². The molecule has 5 nitrogen and oxygen atoms in total. The van der Waals surface area contributed by atoms with Gasteiger partial charge in [0, 0.05) is 18.9 Å². The largest absolute Gasteiger partial charge is 0.496 e. The monoisotopic (exact) mass is 345 g/mol. The number of pyridine rings is 1. The number of ether oxygens (including phenoxy) is 1. The predicted octanol–water partition coefficient (Wildman–Crippen LogP) is 4.08. The van der Waals surface area contributed by atoms with Crippen molar-refractivity contribution in [3.63, 3.8) is 0 Å². The zero-order chi connectivity index (χ0) is 18.4. The number of amides is 2. The number of aromatic nitrogens is 1. The molecule has 0 bridgehead atoms. The molecular formula is C19H24FN3O2. The first kappa shape index (κ1) is 18.7. The molecule has 25 heavy (non-hydrogen) atoms. The molecule has 0 aliphatic heterocycles. The highest BCUT2D eigenvalue weighted by Gasteiger charge is 2.24. The summed E-state index contributed by atoms with van der Waals surface area (Å²) in [7, 11) is 1.48. The Bertz CT molecular complexity index is 709. The second-order valence-corrected chi connectivity index (χ2v) is 5.78. The van der Waals surface area contributed by atoms with Crippen molar-refractivity contribution >= 4 is 6.03 Å². The molecule has 134 valence electrons. The van der Waals surface area contributed by atoms with Gasteiger partial charge in [-0.25, -0.2) is 9.18 Å². The number of hydrogen-bond donors (Lipinski definition) is 1. The maximum absolute atomic E-state index is 14.2. The molecular weight excluding hydrogens is 321 g/mol. The summed E-state index contributed by atoms with van der Waals surface area (Å²) in [6, 6.07) is 7.44. The first-order chi connectivity index (χ1) is 12.0. The molecule has 0 spiro atoms. The van der Waals surface area contributed by atoms with E-state index >= 15 is 0 Å². The van der Waals surface area contributed by atoms with Crippen molar-refractivity contribution in [1.29, 1.82) is 0 Å². The molecule has 2 atom stereocenters. The van der Waals surface area contributed by atoms with Gasteiger partial charge in [-0.15, -0.1) is 0 Å². The van der Waals surface area contributed by atoms with Crippen LogP contribution in [0.25, 0.3) is 0 Å². The molecule has 1 aromatic carbocycles. The molecule has 1 heterocycles. The van der Waals surface area contributed by atoms with Crippen LogP contribution in [0.3, 0.4) is 0 Å². The topological polar surface area (TPSA) is 54.5 Å². The molecule has 2 amide bonds. The number of rotatable bonds is 6. The minimum atomic E-state index is -0.529. The Hall–Kier alpha value is -2.63. The van der Waals surface area contributed by atoms with Crippen molar-refractivity contribution in [1.82, 2.24) is 15.2 Å². The van der Waals surface area contributed by atoms with Gasteiger partial charge in [-0.2, -0.15) is 0 Å². The molecule has 0 aliphatic rings. The summed E-state index contributed by atoms with van der Waals surface area (Å²) in [5.74, 6) is 0.00617. The van der Waals surface area contributed by atoms with Crippen molar-refractivity contribution in [2.24, 2.45) is 0 Å². The van der Waals surface area contributed by atoms with Crippen LogP contribution in [-0.4, -0.2) is 29.6 Å². The minimum absolute atomic E-state index is 0.145. The van der Waals surface area contributed by atoms with Crippen molar-refractivity contribution in [3.05, 3.63) is 59.7 Å². The van der Waals surface area contributed by atoms with Crippen LogP contribution in [0, 0.1) is 5.82 Å². The van der Waals surface area contributed by atoms with E-state index in [4.69, 9.17) is 4.74 Å². The summed E-state index contributed by atoms with van der Waals surface area (Å²) < 4.78 is 19.4. The molecule has 6 heteroatoms. The molecule has 0 saturated carbocycles. The number of carbonyl (C=O) groups excluding carboxylic acids is 1. The van der Waals surface area contributed by atoms with Crippen LogP contribution in [0.15, 0.2) is 42.7 Å². The second kappa shape index (κ2) is 8.46. The normalized spacial score (nSPS) is 13.0. The first-order valence-corrected chi connectivity index (χ1v) is 8.29. The maximum Gasteiger partial charge on any atom is 0.318 e.